The first-order valence-electron chi connectivity index (χ1n) is 6.82. The molecule has 0 saturated carbocycles. The summed E-state index contributed by atoms with van der Waals surface area (Å²) in [5, 5.41) is 3.35. The number of aromatic nitrogens is 2. The van der Waals surface area contributed by atoms with E-state index in [0.29, 0.717) is 4.64 Å². The summed E-state index contributed by atoms with van der Waals surface area (Å²) in [5.74, 6) is 1.71. The lowest BCUT2D eigenvalue weighted by atomic mass is 10.2. The third-order valence-electron chi connectivity index (χ3n) is 3.32. The standard InChI is InChI=1S/C15H17N3OS/c20-14-9-13(16-10-11-5-2-1-3-6-11)17-15(18-14)12-7-4-8-19-12/h1-3,5-6,9,12H,4,7-8,10H2,(H2,16,17,18,20). The third-order valence-corrected chi connectivity index (χ3v) is 3.53. The second-order valence-corrected chi connectivity index (χ2v) is 5.28. The lowest BCUT2D eigenvalue weighted by molar-refractivity contribution is 0.105. The van der Waals surface area contributed by atoms with Gasteiger partial charge in [-0.3, -0.25) is 0 Å². The van der Waals surface area contributed by atoms with Gasteiger partial charge in [-0.25, -0.2) is 4.98 Å². The van der Waals surface area contributed by atoms with E-state index in [1.165, 1.54) is 5.56 Å². The minimum atomic E-state index is 0.0511. The number of benzene rings is 1. The van der Waals surface area contributed by atoms with Gasteiger partial charge in [0.2, 0.25) is 0 Å². The summed E-state index contributed by atoms with van der Waals surface area (Å²) < 4.78 is 6.23. The van der Waals surface area contributed by atoms with Crippen LogP contribution in [0.4, 0.5) is 5.82 Å². The van der Waals surface area contributed by atoms with Crippen LogP contribution in [0.25, 0.3) is 0 Å². The summed E-state index contributed by atoms with van der Waals surface area (Å²) in [6, 6.07) is 12.1. The second-order valence-electron chi connectivity index (χ2n) is 4.86. The zero-order valence-electron chi connectivity index (χ0n) is 11.1. The van der Waals surface area contributed by atoms with Crippen molar-refractivity contribution in [1.82, 2.24) is 9.97 Å². The van der Waals surface area contributed by atoms with Crippen molar-refractivity contribution >= 4 is 18.0 Å². The third kappa shape index (κ3) is 3.23. The first kappa shape index (κ1) is 13.3. The number of nitrogens with zero attached hydrogens (tertiary/aromatic N) is 1. The molecule has 2 heterocycles. The molecule has 4 nitrogen and oxygen atoms in total. The van der Waals surface area contributed by atoms with Crippen LogP contribution in [0.15, 0.2) is 36.4 Å². The number of H-pyrrole nitrogens is 1. The van der Waals surface area contributed by atoms with Crippen LogP contribution in [-0.2, 0) is 11.3 Å². The van der Waals surface area contributed by atoms with Gasteiger partial charge < -0.3 is 15.0 Å². The van der Waals surface area contributed by atoms with Gasteiger partial charge in [-0.05, 0) is 18.4 Å². The fraction of sp³-hybridized carbons (Fsp3) is 0.333. The Labute approximate surface area is 123 Å². The zero-order valence-corrected chi connectivity index (χ0v) is 12.0. The fourth-order valence-electron chi connectivity index (χ4n) is 2.31. The fourth-order valence-corrected chi connectivity index (χ4v) is 2.53. The summed E-state index contributed by atoms with van der Waals surface area (Å²) >= 11 is 5.23. The Kier molecular flexibility index (Phi) is 4.08. The van der Waals surface area contributed by atoms with E-state index in [1.807, 2.05) is 24.3 Å². The highest BCUT2D eigenvalue weighted by molar-refractivity contribution is 7.71. The number of hydrogen-bond acceptors (Lipinski definition) is 4. The van der Waals surface area contributed by atoms with E-state index in [0.717, 1.165) is 37.6 Å². The Bertz CT molecular complexity index is 621. The van der Waals surface area contributed by atoms with Gasteiger partial charge in [0.15, 0.2) is 0 Å². The molecule has 20 heavy (non-hydrogen) atoms. The first-order valence-corrected chi connectivity index (χ1v) is 7.23. The topological polar surface area (TPSA) is 49.9 Å². The maximum Gasteiger partial charge on any atom is 0.138 e. The van der Waals surface area contributed by atoms with Crippen molar-refractivity contribution in [2.75, 3.05) is 11.9 Å². The monoisotopic (exact) mass is 287 g/mol. The second kappa shape index (κ2) is 6.15. The highest BCUT2D eigenvalue weighted by Crippen LogP contribution is 2.26. The van der Waals surface area contributed by atoms with E-state index in [-0.39, 0.29) is 6.10 Å². The number of hydrogen-bond donors (Lipinski definition) is 2. The summed E-state index contributed by atoms with van der Waals surface area (Å²) in [4.78, 5) is 7.65. The number of ether oxygens (including phenoxy) is 1. The van der Waals surface area contributed by atoms with E-state index in [1.54, 1.807) is 0 Å². The largest absolute Gasteiger partial charge is 0.370 e. The van der Waals surface area contributed by atoms with Crippen molar-refractivity contribution in [2.45, 2.75) is 25.5 Å². The molecule has 1 atom stereocenters. The molecule has 0 amide bonds. The van der Waals surface area contributed by atoms with Crippen LogP contribution in [-0.4, -0.2) is 16.6 Å². The SMILES string of the molecule is S=c1cc(NCc2ccccc2)[nH]c(C2CCCO2)n1. The van der Waals surface area contributed by atoms with Crippen LogP contribution in [0.2, 0.25) is 0 Å². The van der Waals surface area contributed by atoms with Crippen LogP contribution >= 0.6 is 12.2 Å². The Hall–Kier alpha value is -1.72. The average Bonchev–Trinajstić information content (AvgIpc) is 3.00. The van der Waals surface area contributed by atoms with Gasteiger partial charge in [-0.15, -0.1) is 0 Å². The molecule has 1 aromatic heterocycles. The quantitative estimate of drug-likeness (QED) is 0.844. The first-order chi connectivity index (χ1) is 9.81. The molecular weight excluding hydrogens is 270 g/mol. The predicted molar refractivity (Wildman–Crippen MR) is 81.1 cm³/mol. The van der Waals surface area contributed by atoms with E-state index in [2.05, 4.69) is 27.4 Å². The molecular formula is C15H17N3OS. The Morgan fingerprint density at radius 2 is 2.20 bits per heavy atom. The number of rotatable bonds is 4. The molecule has 0 spiro atoms. The van der Waals surface area contributed by atoms with Gasteiger partial charge in [0.25, 0.3) is 0 Å². The molecule has 0 bridgehead atoms. The highest BCUT2D eigenvalue weighted by Gasteiger charge is 2.20. The van der Waals surface area contributed by atoms with Crippen LogP contribution in [0, 0.1) is 4.64 Å². The van der Waals surface area contributed by atoms with Gasteiger partial charge in [-0.2, -0.15) is 0 Å². The molecule has 2 N–H and O–H groups in total. The van der Waals surface area contributed by atoms with Crippen LogP contribution in [0.5, 0.6) is 0 Å². The maximum absolute atomic E-state index is 5.64. The van der Waals surface area contributed by atoms with Crippen molar-refractivity contribution in [3.63, 3.8) is 0 Å². The number of nitrogens with one attached hydrogen (secondary N) is 2. The van der Waals surface area contributed by atoms with Crippen LogP contribution < -0.4 is 5.32 Å². The van der Waals surface area contributed by atoms with Gasteiger partial charge in [0, 0.05) is 19.2 Å². The maximum atomic E-state index is 5.64. The lowest BCUT2D eigenvalue weighted by Crippen LogP contribution is -2.07. The smallest absolute Gasteiger partial charge is 0.138 e. The van der Waals surface area contributed by atoms with Crippen LogP contribution in [0.1, 0.15) is 30.3 Å². The lowest BCUT2D eigenvalue weighted by Gasteiger charge is -2.12. The van der Waals surface area contributed by atoms with Crippen molar-refractivity contribution in [1.29, 1.82) is 0 Å². The molecule has 2 aromatic rings. The summed E-state index contributed by atoms with van der Waals surface area (Å²) in [6.45, 7) is 1.55. The molecule has 1 aliphatic heterocycles. The molecule has 0 aliphatic carbocycles. The molecule has 1 unspecified atom stereocenters. The van der Waals surface area contributed by atoms with Crippen molar-refractivity contribution < 1.29 is 4.74 Å². The van der Waals surface area contributed by atoms with Gasteiger partial charge >= 0.3 is 0 Å². The van der Waals surface area contributed by atoms with Crippen LogP contribution in [0.3, 0.4) is 0 Å². The molecule has 5 heteroatoms. The van der Waals surface area contributed by atoms with Crippen molar-refractivity contribution in [3.05, 3.63) is 52.4 Å². The Morgan fingerprint density at radius 1 is 1.35 bits per heavy atom. The van der Waals surface area contributed by atoms with Gasteiger partial charge in [0.1, 0.15) is 22.4 Å². The normalized spacial score (nSPS) is 18.1. The summed E-state index contributed by atoms with van der Waals surface area (Å²) in [7, 11) is 0. The highest BCUT2D eigenvalue weighted by atomic mass is 32.1. The van der Waals surface area contributed by atoms with E-state index < -0.39 is 0 Å². The van der Waals surface area contributed by atoms with E-state index in [9.17, 15) is 0 Å². The molecule has 104 valence electrons. The summed E-state index contributed by atoms with van der Waals surface area (Å²) in [6.07, 6.45) is 2.13. The molecule has 1 fully saturated rings. The molecule has 1 aliphatic rings. The van der Waals surface area contributed by atoms with Gasteiger partial charge in [0.05, 0.1) is 0 Å². The van der Waals surface area contributed by atoms with Crippen molar-refractivity contribution in [3.8, 4) is 0 Å². The average molecular weight is 287 g/mol. The van der Waals surface area contributed by atoms with E-state index >= 15 is 0 Å². The molecule has 1 saturated heterocycles. The summed E-state index contributed by atoms with van der Waals surface area (Å²) in [5.41, 5.74) is 1.22. The van der Waals surface area contributed by atoms with Crippen molar-refractivity contribution in [2.24, 2.45) is 0 Å². The Balaban J connectivity index is 1.74. The minimum Gasteiger partial charge on any atom is -0.370 e. The number of aromatic amines is 1. The van der Waals surface area contributed by atoms with Gasteiger partial charge in [-0.1, -0.05) is 42.5 Å². The predicted octanol–water partition coefficient (Wildman–Crippen LogP) is 3.60. The van der Waals surface area contributed by atoms with E-state index in [4.69, 9.17) is 17.0 Å². The molecule has 1 aromatic carbocycles. The zero-order chi connectivity index (χ0) is 13.8. The molecule has 0 radical (unpaired) electrons. The number of anilines is 1. The minimum absolute atomic E-state index is 0.0511. The Morgan fingerprint density at radius 3 is 2.95 bits per heavy atom. The molecule has 3 rings (SSSR count).